The van der Waals surface area contributed by atoms with Crippen LogP contribution in [0.15, 0.2) is 12.7 Å². The highest BCUT2D eigenvalue weighted by molar-refractivity contribution is 5.81. The van der Waals surface area contributed by atoms with E-state index in [1.807, 2.05) is 6.92 Å². The molecule has 0 aromatic rings. The fourth-order valence-corrected chi connectivity index (χ4v) is 2.41. The van der Waals surface area contributed by atoms with Crippen molar-refractivity contribution in [1.29, 1.82) is 0 Å². The highest BCUT2D eigenvalue weighted by atomic mass is 16.7. The zero-order valence-electron chi connectivity index (χ0n) is 15.6. The molecule has 0 radical (unpaired) electrons. The standard InChI is InChI=1S/C18H29NO6/c1-6-11-18(4,12-10-15(7-2)24-14(3)21)17(23)25-19(5)16(22)9-8-13-20/h7,13,15H,2,6,8-12H2,1,3-5H3/t15?,18-/m0/s1. The number of rotatable bonds is 11. The number of amides is 1. The van der Waals surface area contributed by atoms with Gasteiger partial charge in [-0.25, -0.2) is 4.79 Å². The largest absolute Gasteiger partial charge is 0.458 e. The molecule has 0 aromatic carbocycles. The van der Waals surface area contributed by atoms with Crippen molar-refractivity contribution in [3.05, 3.63) is 12.7 Å². The molecule has 1 unspecified atom stereocenters. The number of hydrogen-bond acceptors (Lipinski definition) is 6. The van der Waals surface area contributed by atoms with Crippen molar-refractivity contribution in [3.63, 3.8) is 0 Å². The molecule has 7 nitrogen and oxygen atoms in total. The molecule has 0 spiro atoms. The second kappa shape index (κ2) is 11.4. The summed E-state index contributed by atoms with van der Waals surface area (Å²) < 4.78 is 5.11. The summed E-state index contributed by atoms with van der Waals surface area (Å²) in [6, 6.07) is 0. The molecule has 0 heterocycles. The number of ether oxygens (including phenoxy) is 1. The smallest absolute Gasteiger partial charge is 0.338 e. The first-order valence-electron chi connectivity index (χ1n) is 8.42. The van der Waals surface area contributed by atoms with E-state index in [-0.39, 0.29) is 12.8 Å². The van der Waals surface area contributed by atoms with Crippen molar-refractivity contribution in [3.8, 4) is 0 Å². The van der Waals surface area contributed by atoms with E-state index in [9.17, 15) is 19.2 Å². The van der Waals surface area contributed by atoms with Crippen molar-refractivity contribution < 1.29 is 28.8 Å². The van der Waals surface area contributed by atoms with Crippen molar-refractivity contribution in [1.82, 2.24) is 5.06 Å². The molecule has 0 bridgehead atoms. The summed E-state index contributed by atoms with van der Waals surface area (Å²) in [7, 11) is 1.35. The van der Waals surface area contributed by atoms with Gasteiger partial charge in [-0.1, -0.05) is 26.0 Å². The number of nitrogens with zero attached hydrogens (tertiary/aromatic N) is 1. The Balaban J connectivity index is 4.88. The van der Waals surface area contributed by atoms with E-state index in [2.05, 4.69) is 6.58 Å². The van der Waals surface area contributed by atoms with Gasteiger partial charge in [0.1, 0.15) is 12.4 Å². The Hall–Kier alpha value is -2.18. The Bertz CT molecular complexity index is 490. The average molecular weight is 355 g/mol. The van der Waals surface area contributed by atoms with E-state index >= 15 is 0 Å². The number of carbonyl (C=O) groups is 4. The van der Waals surface area contributed by atoms with Crippen molar-refractivity contribution in [2.45, 2.75) is 65.4 Å². The predicted molar refractivity (Wildman–Crippen MR) is 92.2 cm³/mol. The number of carbonyl (C=O) groups excluding carboxylic acids is 4. The zero-order valence-corrected chi connectivity index (χ0v) is 15.6. The molecule has 142 valence electrons. The van der Waals surface area contributed by atoms with E-state index in [0.29, 0.717) is 25.5 Å². The van der Waals surface area contributed by atoms with Gasteiger partial charge in [0.05, 0.1) is 5.41 Å². The molecule has 0 saturated carbocycles. The van der Waals surface area contributed by atoms with Gasteiger partial charge in [0.15, 0.2) is 0 Å². The minimum absolute atomic E-state index is 0.0111. The minimum atomic E-state index is -0.824. The molecule has 0 aliphatic carbocycles. The highest BCUT2D eigenvalue weighted by Gasteiger charge is 2.36. The van der Waals surface area contributed by atoms with Gasteiger partial charge in [-0.15, -0.1) is 0 Å². The number of hydroxylamine groups is 2. The molecule has 1 amide bonds. The van der Waals surface area contributed by atoms with Gasteiger partial charge >= 0.3 is 11.9 Å². The van der Waals surface area contributed by atoms with Crippen LogP contribution in [-0.2, 0) is 28.8 Å². The summed E-state index contributed by atoms with van der Waals surface area (Å²) in [6.07, 6.45) is 3.91. The van der Waals surface area contributed by atoms with Crippen LogP contribution in [0.4, 0.5) is 0 Å². The molecular weight excluding hydrogens is 326 g/mol. The Kier molecular flexibility index (Phi) is 10.4. The molecule has 2 atom stereocenters. The summed E-state index contributed by atoms with van der Waals surface area (Å²) in [6.45, 7) is 8.65. The topological polar surface area (TPSA) is 90.0 Å². The van der Waals surface area contributed by atoms with Gasteiger partial charge in [0.25, 0.3) is 5.91 Å². The van der Waals surface area contributed by atoms with Crippen LogP contribution in [0.3, 0.4) is 0 Å². The van der Waals surface area contributed by atoms with Crippen LogP contribution < -0.4 is 0 Å². The zero-order chi connectivity index (χ0) is 19.5. The van der Waals surface area contributed by atoms with Gasteiger partial charge in [-0.2, -0.15) is 5.06 Å². The monoisotopic (exact) mass is 355 g/mol. The van der Waals surface area contributed by atoms with E-state index in [1.165, 1.54) is 20.0 Å². The van der Waals surface area contributed by atoms with Gasteiger partial charge in [-0.05, 0) is 26.2 Å². The van der Waals surface area contributed by atoms with Crippen LogP contribution >= 0.6 is 0 Å². The molecule has 7 heteroatoms. The molecule has 0 rings (SSSR count). The molecule has 0 aliphatic rings. The van der Waals surface area contributed by atoms with Gasteiger partial charge in [-0.3, -0.25) is 9.59 Å². The first kappa shape index (κ1) is 22.8. The highest BCUT2D eigenvalue weighted by Crippen LogP contribution is 2.32. The minimum Gasteiger partial charge on any atom is -0.458 e. The maximum absolute atomic E-state index is 12.5. The first-order valence-corrected chi connectivity index (χ1v) is 8.42. The molecule has 0 aromatic heterocycles. The van der Waals surface area contributed by atoms with Crippen LogP contribution in [0, 0.1) is 5.41 Å². The third-order valence-corrected chi connectivity index (χ3v) is 3.90. The molecule has 0 saturated heterocycles. The Morgan fingerprint density at radius 2 is 1.92 bits per heavy atom. The van der Waals surface area contributed by atoms with Gasteiger partial charge < -0.3 is 14.4 Å². The van der Waals surface area contributed by atoms with Crippen LogP contribution in [0.5, 0.6) is 0 Å². The molecule has 0 aliphatic heterocycles. The maximum Gasteiger partial charge on any atom is 0.338 e. The second-order valence-corrected chi connectivity index (χ2v) is 6.21. The van der Waals surface area contributed by atoms with Crippen LogP contribution in [-0.4, -0.2) is 42.3 Å². The Labute approximate surface area is 149 Å². The van der Waals surface area contributed by atoms with E-state index in [1.54, 1.807) is 6.92 Å². The third kappa shape index (κ3) is 8.47. The maximum atomic E-state index is 12.5. The molecule has 25 heavy (non-hydrogen) atoms. The summed E-state index contributed by atoms with van der Waals surface area (Å²) in [5.41, 5.74) is -0.824. The van der Waals surface area contributed by atoms with E-state index in [0.717, 1.165) is 11.5 Å². The summed E-state index contributed by atoms with van der Waals surface area (Å²) in [4.78, 5) is 50.9. The predicted octanol–water partition coefficient (Wildman–Crippen LogP) is 2.59. The van der Waals surface area contributed by atoms with Crippen LogP contribution in [0.1, 0.15) is 59.3 Å². The summed E-state index contributed by atoms with van der Waals surface area (Å²) >= 11 is 0. The van der Waals surface area contributed by atoms with E-state index < -0.39 is 29.4 Å². The fourth-order valence-electron chi connectivity index (χ4n) is 2.41. The van der Waals surface area contributed by atoms with Crippen molar-refractivity contribution in [2.24, 2.45) is 5.41 Å². The first-order chi connectivity index (χ1) is 11.7. The fraction of sp³-hybridized carbons (Fsp3) is 0.667. The quantitative estimate of drug-likeness (QED) is 0.245. The van der Waals surface area contributed by atoms with Gasteiger partial charge in [0, 0.05) is 26.8 Å². The summed E-state index contributed by atoms with van der Waals surface area (Å²) in [5.74, 6) is -1.38. The SMILES string of the molecule is C=CC(CC[C@](C)(CCC)C(=O)ON(C)C(=O)CCC=O)OC(C)=O. The lowest BCUT2D eigenvalue weighted by Crippen LogP contribution is -2.38. The van der Waals surface area contributed by atoms with Gasteiger partial charge in [0.2, 0.25) is 0 Å². The van der Waals surface area contributed by atoms with E-state index in [4.69, 9.17) is 9.57 Å². The summed E-state index contributed by atoms with van der Waals surface area (Å²) in [5, 5.41) is 0.872. The van der Waals surface area contributed by atoms with Crippen molar-refractivity contribution in [2.75, 3.05) is 7.05 Å². The third-order valence-electron chi connectivity index (χ3n) is 3.90. The Morgan fingerprint density at radius 3 is 2.40 bits per heavy atom. The van der Waals surface area contributed by atoms with Crippen LogP contribution in [0.2, 0.25) is 0 Å². The number of aldehydes is 1. The average Bonchev–Trinajstić information content (AvgIpc) is 2.56. The number of esters is 1. The molecule has 0 fully saturated rings. The normalized spacial score (nSPS) is 13.9. The number of hydrogen-bond donors (Lipinski definition) is 0. The molecular formula is C18H29NO6. The Morgan fingerprint density at radius 1 is 1.28 bits per heavy atom. The molecule has 0 N–H and O–H groups in total. The second-order valence-electron chi connectivity index (χ2n) is 6.21. The van der Waals surface area contributed by atoms with Crippen LogP contribution in [0.25, 0.3) is 0 Å². The lowest BCUT2D eigenvalue weighted by atomic mass is 9.80. The lowest BCUT2D eigenvalue weighted by Gasteiger charge is -2.29. The lowest BCUT2D eigenvalue weighted by molar-refractivity contribution is -0.202. The van der Waals surface area contributed by atoms with Crippen molar-refractivity contribution >= 4 is 24.1 Å².